The van der Waals surface area contributed by atoms with Gasteiger partial charge in [0, 0.05) is 22.0 Å². The second kappa shape index (κ2) is 8.11. The van der Waals surface area contributed by atoms with Crippen LogP contribution in [0.3, 0.4) is 0 Å². The Balaban J connectivity index is 1.24. The Morgan fingerprint density at radius 3 is 2.68 bits per heavy atom. The number of para-hydroxylation sites is 1. The lowest BCUT2D eigenvalue weighted by atomic mass is 10.2. The number of rotatable bonds is 6. The van der Waals surface area contributed by atoms with Crippen LogP contribution >= 0.6 is 11.6 Å². The Kier molecular flexibility index (Phi) is 4.91. The van der Waals surface area contributed by atoms with Gasteiger partial charge in [-0.05, 0) is 49.2 Å². The molecule has 5 aromatic rings. The first-order valence-corrected chi connectivity index (χ1v) is 11.2. The van der Waals surface area contributed by atoms with Crippen molar-refractivity contribution in [2.75, 3.05) is 0 Å². The number of benzene rings is 2. The van der Waals surface area contributed by atoms with Crippen molar-refractivity contribution in [3.63, 3.8) is 0 Å². The summed E-state index contributed by atoms with van der Waals surface area (Å²) in [6.07, 6.45) is 3.17. The average Bonchev–Trinajstić information content (AvgIpc) is 3.45. The first-order valence-electron chi connectivity index (χ1n) is 10.8. The van der Waals surface area contributed by atoms with Crippen LogP contribution in [0.4, 0.5) is 0 Å². The van der Waals surface area contributed by atoms with Crippen LogP contribution in [-0.2, 0) is 17.9 Å². The third-order valence-corrected chi connectivity index (χ3v) is 6.08. The highest BCUT2D eigenvalue weighted by Crippen LogP contribution is 2.29. The summed E-state index contributed by atoms with van der Waals surface area (Å²) >= 11 is 5.93. The van der Waals surface area contributed by atoms with Crippen molar-refractivity contribution in [1.29, 1.82) is 0 Å². The third-order valence-electron chi connectivity index (χ3n) is 5.83. The van der Waals surface area contributed by atoms with E-state index in [1.165, 1.54) is 10.9 Å². The maximum Gasteiger partial charge on any atom is 0.297 e. The minimum Gasteiger partial charge on any atom is -0.448 e. The number of hydrogen-bond acceptors (Lipinski definition) is 7. The Labute approximate surface area is 197 Å². The van der Waals surface area contributed by atoms with Gasteiger partial charge >= 0.3 is 0 Å². The molecule has 1 aliphatic rings. The fraction of sp³-hybridized carbons (Fsp3) is 0.208. The number of halogens is 1. The van der Waals surface area contributed by atoms with Crippen molar-refractivity contribution in [2.24, 2.45) is 0 Å². The lowest BCUT2D eigenvalue weighted by Crippen LogP contribution is -2.37. The predicted octanol–water partition coefficient (Wildman–Crippen LogP) is 4.04. The number of carbonyl (C=O) groups is 1. The van der Waals surface area contributed by atoms with Crippen molar-refractivity contribution in [2.45, 2.75) is 32.0 Å². The summed E-state index contributed by atoms with van der Waals surface area (Å²) in [5.41, 5.74) is 1.55. The molecule has 10 heteroatoms. The number of fused-ring (bicyclic) bond motifs is 3. The summed E-state index contributed by atoms with van der Waals surface area (Å²) in [5.74, 6) is 0.446. The lowest BCUT2D eigenvalue weighted by Gasteiger charge is -2.20. The van der Waals surface area contributed by atoms with Crippen LogP contribution in [0.2, 0.25) is 5.02 Å². The van der Waals surface area contributed by atoms with Crippen LogP contribution < -0.4 is 5.56 Å². The predicted molar refractivity (Wildman–Crippen MR) is 124 cm³/mol. The van der Waals surface area contributed by atoms with Crippen LogP contribution in [0.1, 0.15) is 18.7 Å². The van der Waals surface area contributed by atoms with Gasteiger partial charge in [-0.1, -0.05) is 23.7 Å². The zero-order valence-electron chi connectivity index (χ0n) is 17.8. The summed E-state index contributed by atoms with van der Waals surface area (Å²) in [6, 6.07) is 14.5. The number of nitrogens with zero attached hydrogens (tertiary/aromatic N) is 5. The van der Waals surface area contributed by atoms with Crippen LogP contribution in [0, 0.1) is 0 Å². The quantitative estimate of drug-likeness (QED) is 0.364. The van der Waals surface area contributed by atoms with Gasteiger partial charge in [0.15, 0.2) is 0 Å². The van der Waals surface area contributed by atoms with E-state index in [0.29, 0.717) is 27.9 Å². The van der Waals surface area contributed by atoms with Gasteiger partial charge in [-0.25, -0.2) is 4.98 Å². The molecular weight excluding hydrogens is 458 g/mol. The van der Waals surface area contributed by atoms with E-state index >= 15 is 0 Å². The Bertz CT molecular complexity index is 1580. The second-order valence-corrected chi connectivity index (χ2v) is 8.65. The highest BCUT2D eigenvalue weighted by atomic mass is 35.5. The summed E-state index contributed by atoms with van der Waals surface area (Å²) in [5, 5.41) is 9.56. The molecule has 6 rings (SSSR count). The topological polar surface area (TPSA) is 107 Å². The third kappa shape index (κ3) is 3.73. The van der Waals surface area contributed by atoms with E-state index in [-0.39, 0.29) is 30.6 Å². The number of amides is 1. The molecule has 3 heterocycles. The maximum atomic E-state index is 13.2. The second-order valence-electron chi connectivity index (χ2n) is 8.21. The molecule has 9 nitrogen and oxygen atoms in total. The Hall–Kier alpha value is -3.98. The molecule has 1 fully saturated rings. The molecule has 0 N–H and O–H groups in total. The lowest BCUT2D eigenvalue weighted by molar-refractivity contribution is -0.133. The molecule has 0 spiro atoms. The van der Waals surface area contributed by atoms with Crippen molar-refractivity contribution in [1.82, 2.24) is 24.6 Å². The van der Waals surface area contributed by atoms with Crippen molar-refractivity contribution < 1.29 is 13.6 Å². The minimum absolute atomic E-state index is 0.0805. The summed E-state index contributed by atoms with van der Waals surface area (Å²) in [4.78, 5) is 32.2. The largest absolute Gasteiger partial charge is 0.448 e. The SMILES string of the molecule is O=C(Cn1cnc2c(oc3ccccc32)c1=O)N(Cc1nnc(-c2ccc(Cl)cc2)o1)C1CC1. The molecule has 1 aliphatic carbocycles. The van der Waals surface area contributed by atoms with Gasteiger partial charge in [0.05, 0.1) is 12.9 Å². The fourth-order valence-electron chi connectivity index (χ4n) is 3.94. The van der Waals surface area contributed by atoms with E-state index < -0.39 is 5.56 Å². The van der Waals surface area contributed by atoms with E-state index in [2.05, 4.69) is 15.2 Å². The first-order chi connectivity index (χ1) is 16.6. The standard InChI is InChI=1S/C24H18ClN5O4/c25-15-7-5-14(6-8-15)23-28-27-19(34-23)11-30(16-9-10-16)20(31)12-29-13-26-21-17-3-1-2-4-18(17)33-22(21)24(29)32/h1-8,13,16H,9-12H2. The summed E-state index contributed by atoms with van der Waals surface area (Å²) in [7, 11) is 0. The zero-order chi connectivity index (χ0) is 23.2. The summed E-state index contributed by atoms with van der Waals surface area (Å²) in [6.45, 7) is 0.00660. The molecule has 0 unspecified atom stereocenters. The van der Waals surface area contributed by atoms with Gasteiger partial charge < -0.3 is 13.7 Å². The Morgan fingerprint density at radius 2 is 1.88 bits per heavy atom. The molecule has 0 bridgehead atoms. The number of carbonyl (C=O) groups excluding carboxylic acids is 1. The maximum absolute atomic E-state index is 13.2. The first kappa shape index (κ1) is 20.6. The van der Waals surface area contributed by atoms with E-state index in [1.54, 1.807) is 35.2 Å². The molecule has 1 saturated carbocycles. The molecule has 2 aromatic carbocycles. The van der Waals surface area contributed by atoms with Crippen LogP contribution in [0.25, 0.3) is 33.5 Å². The van der Waals surface area contributed by atoms with Gasteiger partial charge in [0.2, 0.25) is 23.3 Å². The van der Waals surface area contributed by atoms with E-state index in [0.717, 1.165) is 23.8 Å². The Morgan fingerprint density at radius 1 is 1.09 bits per heavy atom. The summed E-state index contributed by atoms with van der Waals surface area (Å²) < 4.78 is 12.8. The van der Waals surface area contributed by atoms with Gasteiger partial charge in [0.1, 0.15) is 17.6 Å². The molecule has 0 atom stereocenters. The van der Waals surface area contributed by atoms with Gasteiger partial charge in [0.25, 0.3) is 5.56 Å². The van der Waals surface area contributed by atoms with Gasteiger partial charge in [-0.2, -0.15) is 0 Å². The molecule has 170 valence electrons. The van der Waals surface area contributed by atoms with Crippen molar-refractivity contribution in [3.8, 4) is 11.5 Å². The number of aromatic nitrogens is 4. The van der Waals surface area contributed by atoms with Crippen molar-refractivity contribution in [3.05, 3.63) is 76.1 Å². The molecule has 34 heavy (non-hydrogen) atoms. The van der Waals surface area contributed by atoms with E-state index in [9.17, 15) is 9.59 Å². The molecular formula is C24H18ClN5O4. The molecule has 0 saturated heterocycles. The van der Waals surface area contributed by atoms with Crippen molar-refractivity contribution >= 4 is 39.6 Å². The smallest absolute Gasteiger partial charge is 0.297 e. The average molecular weight is 476 g/mol. The number of hydrogen-bond donors (Lipinski definition) is 0. The van der Waals surface area contributed by atoms with Crippen LogP contribution in [0.15, 0.2) is 68.5 Å². The fourth-order valence-corrected chi connectivity index (χ4v) is 4.07. The van der Waals surface area contributed by atoms with Crippen LogP contribution in [0.5, 0.6) is 0 Å². The minimum atomic E-state index is -0.395. The number of furan rings is 1. The molecule has 0 aliphatic heterocycles. The normalized spacial score (nSPS) is 13.6. The van der Waals surface area contributed by atoms with E-state index in [1.807, 2.05) is 18.2 Å². The highest BCUT2D eigenvalue weighted by molar-refractivity contribution is 6.30. The van der Waals surface area contributed by atoms with Gasteiger partial charge in [-0.15, -0.1) is 10.2 Å². The van der Waals surface area contributed by atoms with E-state index in [4.69, 9.17) is 20.4 Å². The monoisotopic (exact) mass is 475 g/mol. The molecule has 3 aromatic heterocycles. The molecule has 0 radical (unpaired) electrons. The highest BCUT2D eigenvalue weighted by Gasteiger charge is 2.34. The molecule has 1 amide bonds. The zero-order valence-corrected chi connectivity index (χ0v) is 18.6. The van der Waals surface area contributed by atoms with Gasteiger partial charge in [-0.3, -0.25) is 14.2 Å². The van der Waals surface area contributed by atoms with Crippen LogP contribution in [-0.4, -0.2) is 36.6 Å².